The molecule has 2 aromatic carbocycles. The van der Waals surface area contributed by atoms with Gasteiger partial charge in [0.05, 0.1) is 19.7 Å². The first kappa shape index (κ1) is 29.2. The molecule has 0 saturated heterocycles. The fourth-order valence-electron chi connectivity index (χ4n) is 3.40. The van der Waals surface area contributed by atoms with Gasteiger partial charge in [-0.05, 0) is 19.1 Å². The van der Waals surface area contributed by atoms with Crippen LogP contribution in [-0.2, 0) is 17.8 Å². The summed E-state index contributed by atoms with van der Waals surface area (Å²) in [7, 11) is 0. The molecule has 3 N–H and O–H groups in total. The lowest BCUT2D eigenvalue weighted by Gasteiger charge is -2.05. The van der Waals surface area contributed by atoms with Gasteiger partial charge in [0.2, 0.25) is 0 Å². The van der Waals surface area contributed by atoms with Gasteiger partial charge in [-0.25, -0.2) is 28.0 Å². The summed E-state index contributed by atoms with van der Waals surface area (Å²) in [6.07, 6.45) is 0. The van der Waals surface area contributed by atoms with Crippen molar-refractivity contribution in [2.75, 3.05) is 6.61 Å². The smallest absolute Gasteiger partial charge is 0.358 e. The van der Waals surface area contributed by atoms with Crippen LogP contribution in [0.1, 0.15) is 60.0 Å². The molecule has 2 heterocycles. The molecule has 0 amide bonds. The molecule has 2 aromatic heterocycles. The molecule has 40 heavy (non-hydrogen) atoms. The summed E-state index contributed by atoms with van der Waals surface area (Å²) in [5.41, 5.74) is -0.523. The quantitative estimate of drug-likeness (QED) is 0.259. The second kappa shape index (κ2) is 12.9. The Morgan fingerprint density at radius 1 is 0.725 bits per heavy atom. The molecule has 0 aliphatic heterocycles. The summed E-state index contributed by atoms with van der Waals surface area (Å²) < 4.78 is 33.9. The third-order valence-corrected chi connectivity index (χ3v) is 5.26. The van der Waals surface area contributed by atoms with E-state index >= 15 is 0 Å². The first-order chi connectivity index (χ1) is 19.0. The summed E-state index contributed by atoms with van der Waals surface area (Å²) in [6, 6.07) is 13.8. The number of aromatic nitrogens is 4. The highest BCUT2D eigenvalue weighted by atomic mass is 19.1. The molecule has 4 rings (SSSR count). The number of nitrogens with zero attached hydrogens (tertiary/aromatic N) is 4. The Balaban J connectivity index is 0.000000222. The Kier molecular flexibility index (Phi) is 9.41. The largest absolute Gasteiger partial charge is 0.477 e. The number of carbonyl (C=O) groups is 4. The van der Waals surface area contributed by atoms with Gasteiger partial charge in [-0.2, -0.15) is 10.2 Å². The fourth-order valence-corrected chi connectivity index (χ4v) is 3.40. The van der Waals surface area contributed by atoms with E-state index in [-0.39, 0.29) is 47.9 Å². The van der Waals surface area contributed by atoms with E-state index in [0.29, 0.717) is 0 Å². The minimum atomic E-state index is -1.34. The molecule has 0 bridgehead atoms. The highest BCUT2D eigenvalue weighted by Gasteiger charge is 2.21. The number of carboxylic acid groups (broad SMARTS) is 3. The SMILES string of the molecule is CCOC(=O)c1cc(C(=O)O)n(Cc2ccccc2F)n1.O=C(O)c1cc(C(=O)O)n(Cc2ccccc2F)n1. The fraction of sp³-hybridized carbons (Fsp3) is 0.154. The number of benzene rings is 2. The van der Waals surface area contributed by atoms with Crippen LogP contribution in [0.2, 0.25) is 0 Å². The van der Waals surface area contributed by atoms with Crippen LogP contribution in [-0.4, -0.2) is 65.4 Å². The number of ether oxygens (including phenoxy) is 1. The van der Waals surface area contributed by atoms with Gasteiger partial charge in [0.25, 0.3) is 0 Å². The predicted octanol–water partition coefficient (Wildman–Crippen LogP) is 3.41. The van der Waals surface area contributed by atoms with Crippen molar-refractivity contribution >= 4 is 23.9 Å². The van der Waals surface area contributed by atoms with Gasteiger partial charge in [0.15, 0.2) is 11.4 Å². The van der Waals surface area contributed by atoms with Gasteiger partial charge in [-0.15, -0.1) is 0 Å². The molecule has 0 spiro atoms. The molecule has 0 saturated carbocycles. The van der Waals surface area contributed by atoms with Crippen molar-refractivity contribution in [2.24, 2.45) is 0 Å². The van der Waals surface area contributed by atoms with Gasteiger partial charge in [-0.3, -0.25) is 9.36 Å². The van der Waals surface area contributed by atoms with E-state index in [4.69, 9.17) is 20.1 Å². The standard InChI is InChI=1S/C14H13FN2O4.C12H9FN2O4/c1-2-21-14(20)11-7-12(13(18)19)17(16-11)8-9-5-3-4-6-10(9)15;13-8-4-2-1-3-7(8)6-15-10(12(18)19)5-9(14-15)11(16)17/h3-7H,2,8H2,1H3,(H,18,19);1-5H,6H2,(H,16,17)(H,18,19). The first-order valence-corrected chi connectivity index (χ1v) is 11.5. The van der Waals surface area contributed by atoms with Crippen LogP contribution >= 0.6 is 0 Å². The number of carboxylic acids is 3. The van der Waals surface area contributed by atoms with Crippen molar-refractivity contribution < 1.29 is 48.0 Å². The van der Waals surface area contributed by atoms with E-state index in [1.54, 1.807) is 19.1 Å². The molecule has 0 fully saturated rings. The summed E-state index contributed by atoms with van der Waals surface area (Å²) in [4.78, 5) is 44.5. The van der Waals surface area contributed by atoms with Gasteiger partial charge >= 0.3 is 23.9 Å². The average Bonchev–Trinajstić information content (AvgIpc) is 3.53. The average molecular weight is 556 g/mol. The Labute approximate surface area is 224 Å². The Bertz CT molecular complexity index is 1560. The summed E-state index contributed by atoms with van der Waals surface area (Å²) >= 11 is 0. The van der Waals surface area contributed by atoms with Crippen LogP contribution in [0.25, 0.3) is 0 Å². The van der Waals surface area contributed by atoms with Gasteiger partial charge < -0.3 is 20.1 Å². The lowest BCUT2D eigenvalue weighted by molar-refractivity contribution is 0.0517. The highest BCUT2D eigenvalue weighted by Crippen LogP contribution is 2.14. The van der Waals surface area contributed by atoms with Crippen molar-refractivity contribution in [1.82, 2.24) is 19.6 Å². The van der Waals surface area contributed by atoms with Crippen LogP contribution in [0.5, 0.6) is 0 Å². The Morgan fingerprint density at radius 3 is 1.55 bits per heavy atom. The maximum atomic E-state index is 13.6. The van der Waals surface area contributed by atoms with Crippen LogP contribution in [0.4, 0.5) is 8.78 Å². The van der Waals surface area contributed by atoms with E-state index in [1.807, 2.05) is 0 Å². The third kappa shape index (κ3) is 7.12. The Morgan fingerprint density at radius 2 is 1.15 bits per heavy atom. The van der Waals surface area contributed by atoms with Gasteiger partial charge in [0, 0.05) is 23.3 Å². The molecule has 12 nitrogen and oxygen atoms in total. The Hall–Kier alpha value is -5.40. The third-order valence-electron chi connectivity index (χ3n) is 5.26. The number of aromatic carboxylic acids is 3. The van der Waals surface area contributed by atoms with Crippen molar-refractivity contribution in [3.63, 3.8) is 0 Å². The van der Waals surface area contributed by atoms with E-state index in [1.165, 1.54) is 36.4 Å². The summed E-state index contributed by atoms with van der Waals surface area (Å²) in [6.45, 7) is 1.54. The van der Waals surface area contributed by atoms with Crippen molar-refractivity contribution in [1.29, 1.82) is 0 Å². The van der Waals surface area contributed by atoms with E-state index in [0.717, 1.165) is 21.5 Å². The number of hydrogen-bond acceptors (Lipinski definition) is 7. The highest BCUT2D eigenvalue weighted by molar-refractivity contribution is 5.92. The van der Waals surface area contributed by atoms with Crippen molar-refractivity contribution in [3.05, 3.63) is 106 Å². The lowest BCUT2D eigenvalue weighted by atomic mass is 10.2. The van der Waals surface area contributed by atoms with Crippen LogP contribution in [0.3, 0.4) is 0 Å². The maximum absolute atomic E-state index is 13.6. The molecule has 0 aliphatic carbocycles. The van der Waals surface area contributed by atoms with Gasteiger partial charge in [-0.1, -0.05) is 36.4 Å². The summed E-state index contributed by atoms with van der Waals surface area (Å²) in [5.74, 6) is -5.61. The number of halogens is 2. The van der Waals surface area contributed by atoms with E-state index in [9.17, 15) is 28.0 Å². The second-order valence-corrected chi connectivity index (χ2v) is 7.96. The molecule has 0 radical (unpaired) electrons. The van der Waals surface area contributed by atoms with Crippen molar-refractivity contribution in [3.8, 4) is 0 Å². The number of esters is 1. The molecule has 14 heteroatoms. The molecule has 0 aliphatic rings. The van der Waals surface area contributed by atoms with E-state index in [2.05, 4.69) is 10.2 Å². The number of carbonyl (C=O) groups excluding carboxylic acids is 1. The summed E-state index contributed by atoms with van der Waals surface area (Å²) in [5, 5.41) is 34.4. The van der Waals surface area contributed by atoms with Crippen LogP contribution in [0.15, 0.2) is 60.7 Å². The molecular weight excluding hydrogens is 534 g/mol. The zero-order chi connectivity index (χ0) is 29.4. The molecule has 4 aromatic rings. The molecule has 0 atom stereocenters. The normalized spacial score (nSPS) is 10.4. The lowest BCUT2D eigenvalue weighted by Crippen LogP contribution is -2.12. The van der Waals surface area contributed by atoms with Crippen molar-refractivity contribution in [2.45, 2.75) is 20.0 Å². The number of rotatable bonds is 9. The van der Waals surface area contributed by atoms with Gasteiger partial charge in [0.1, 0.15) is 23.0 Å². The second-order valence-electron chi connectivity index (χ2n) is 7.96. The molecular formula is C26H22F2N4O8. The van der Waals surface area contributed by atoms with Crippen LogP contribution < -0.4 is 0 Å². The molecule has 0 unspecified atom stereocenters. The minimum Gasteiger partial charge on any atom is -0.477 e. The molecule has 208 valence electrons. The zero-order valence-corrected chi connectivity index (χ0v) is 20.8. The van der Waals surface area contributed by atoms with E-state index < -0.39 is 41.2 Å². The minimum absolute atomic E-state index is 0.0896. The predicted molar refractivity (Wildman–Crippen MR) is 132 cm³/mol. The topological polar surface area (TPSA) is 174 Å². The zero-order valence-electron chi connectivity index (χ0n) is 20.8. The first-order valence-electron chi connectivity index (χ1n) is 11.5. The monoisotopic (exact) mass is 556 g/mol. The van der Waals surface area contributed by atoms with Crippen LogP contribution in [0, 0.1) is 11.6 Å². The maximum Gasteiger partial charge on any atom is 0.358 e. The number of hydrogen-bond donors (Lipinski definition) is 3.